The van der Waals surface area contributed by atoms with Gasteiger partial charge in [-0.3, -0.25) is 9.59 Å². The van der Waals surface area contributed by atoms with Gasteiger partial charge in [0.05, 0.1) is 4.90 Å². The second kappa shape index (κ2) is 10.1. The van der Waals surface area contributed by atoms with Crippen molar-refractivity contribution in [3.63, 3.8) is 0 Å². The highest BCUT2D eigenvalue weighted by atomic mass is 35.5. The third kappa shape index (κ3) is 7.12. The number of carbonyl (C=O) groups excluding carboxylic acids is 2. The quantitative estimate of drug-likeness (QED) is 0.571. The van der Waals surface area contributed by atoms with Gasteiger partial charge in [0.15, 0.2) is 0 Å². The minimum absolute atomic E-state index is 0.00134. The first-order chi connectivity index (χ1) is 12.8. The van der Waals surface area contributed by atoms with Crippen molar-refractivity contribution in [3.05, 3.63) is 29.3 Å². The summed E-state index contributed by atoms with van der Waals surface area (Å²) in [5.74, 6) is -0.627. The number of amides is 2. The van der Waals surface area contributed by atoms with Crippen molar-refractivity contribution in [2.75, 3.05) is 6.54 Å². The smallest absolute Gasteiger partial charge is 0.241 e. The Labute approximate surface area is 165 Å². The van der Waals surface area contributed by atoms with Crippen molar-refractivity contribution in [1.29, 1.82) is 0 Å². The monoisotopic (exact) mass is 415 g/mol. The van der Waals surface area contributed by atoms with E-state index in [1.54, 1.807) is 0 Å². The van der Waals surface area contributed by atoms with Crippen molar-refractivity contribution in [2.24, 2.45) is 11.7 Å². The SMILES string of the molecule is NC(=O)CC[C@@H](NS(=O)(=O)c1ccc(Cl)cc1)C(=O)NCC1CCCCC1. The van der Waals surface area contributed by atoms with E-state index in [0.717, 1.165) is 25.7 Å². The molecule has 0 saturated heterocycles. The molecule has 1 aliphatic carbocycles. The van der Waals surface area contributed by atoms with E-state index in [4.69, 9.17) is 17.3 Å². The average molecular weight is 416 g/mol. The zero-order valence-electron chi connectivity index (χ0n) is 15.1. The van der Waals surface area contributed by atoms with E-state index >= 15 is 0 Å². The molecule has 0 spiro atoms. The molecule has 1 saturated carbocycles. The number of rotatable bonds is 9. The lowest BCUT2D eigenvalue weighted by atomic mass is 9.89. The molecule has 0 aromatic heterocycles. The summed E-state index contributed by atoms with van der Waals surface area (Å²) in [6.45, 7) is 0.509. The number of benzene rings is 1. The predicted molar refractivity (Wildman–Crippen MR) is 104 cm³/mol. The van der Waals surface area contributed by atoms with Crippen LogP contribution in [0.1, 0.15) is 44.9 Å². The molecule has 150 valence electrons. The zero-order valence-corrected chi connectivity index (χ0v) is 16.7. The summed E-state index contributed by atoms with van der Waals surface area (Å²) >= 11 is 5.79. The highest BCUT2D eigenvalue weighted by Crippen LogP contribution is 2.23. The second-order valence-corrected chi connectivity index (χ2v) is 9.03. The largest absolute Gasteiger partial charge is 0.370 e. The first kappa shape index (κ1) is 21.7. The van der Waals surface area contributed by atoms with Crippen LogP contribution in [-0.2, 0) is 19.6 Å². The van der Waals surface area contributed by atoms with Gasteiger partial charge in [-0.1, -0.05) is 30.9 Å². The Morgan fingerprint density at radius 1 is 1.15 bits per heavy atom. The summed E-state index contributed by atoms with van der Waals surface area (Å²) in [5.41, 5.74) is 5.16. The van der Waals surface area contributed by atoms with Crippen LogP contribution in [0.5, 0.6) is 0 Å². The van der Waals surface area contributed by atoms with Crippen LogP contribution < -0.4 is 15.8 Å². The van der Waals surface area contributed by atoms with E-state index in [1.165, 1.54) is 30.7 Å². The van der Waals surface area contributed by atoms with Gasteiger partial charge in [-0.05, 0) is 49.4 Å². The minimum atomic E-state index is -3.93. The van der Waals surface area contributed by atoms with Crippen LogP contribution in [0, 0.1) is 5.92 Å². The van der Waals surface area contributed by atoms with Crippen LogP contribution in [0.4, 0.5) is 0 Å². The molecular formula is C18H26ClN3O4S. The van der Waals surface area contributed by atoms with Crippen LogP contribution >= 0.6 is 11.6 Å². The van der Waals surface area contributed by atoms with Crippen molar-refractivity contribution < 1.29 is 18.0 Å². The van der Waals surface area contributed by atoms with Gasteiger partial charge >= 0.3 is 0 Å². The van der Waals surface area contributed by atoms with E-state index in [1.807, 2.05) is 0 Å². The van der Waals surface area contributed by atoms with Gasteiger partial charge in [0, 0.05) is 18.0 Å². The minimum Gasteiger partial charge on any atom is -0.370 e. The number of sulfonamides is 1. The topological polar surface area (TPSA) is 118 Å². The Balaban J connectivity index is 2.04. The fraction of sp³-hybridized carbons (Fsp3) is 0.556. The van der Waals surface area contributed by atoms with Gasteiger partial charge in [0.2, 0.25) is 21.8 Å². The number of halogens is 1. The molecule has 0 bridgehead atoms. The molecule has 0 aliphatic heterocycles. The Morgan fingerprint density at radius 2 is 1.78 bits per heavy atom. The maximum Gasteiger partial charge on any atom is 0.241 e. The lowest BCUT2D eigenvalue weighted by molar-refractivity contribution is -0.123. The first-order valence-corrected chi connectivity index (χ1v) is 11.0. The van der Waals surface area contributed by atoms with Gasteiger partial charge in [-0.2, -0.15) is 4.72 Å². The fourth-order valence-electron chi connectivity index (χ4n) is 3.16. The van der Waals surface area contributed by atoms with E-state index < -0.39 is 27.9 Å². The summed E-state index contributed by atoms with van der Waals surface area (Å²) in [6.07, 6.45) is 5.53. The molecule has 0 unspecified atom stereocenters. The summed E-state index contributed by atoms with van der Waals surface area (Å²) < 4.78 is 27.5. The highest BCUT2D eigenvalue weighted by Gasteiger charge is 2.26. The summed E-state index contributed by atoms with van der Waals surface area (Å²) in [5, 5.41) is 3.23. The Kier molecular flexibility index (Phi) is 8.07. The molecule has 4 N–H and O–H groups in total. The highest BCUT2D eigenvalue weighted by molar-refractivity contribution is 7.89. The van der Waals surface area contributed by atoms with Crippen molar-refractivity contribution >= 4 is 33.4 Å². The van der Waals surface area contributed by atoms with Gasteiger partial charge in [-0.15, -0.1) is 0 Å². The van der Waals surface area contributed by atoms with Crippen LogP contribution in [0.15, 0.2) is 29.2 Å². The Bertz CT molecular complexity index is 746. The summed E-state index contributed by atoms with van der Waals surface area (Å²) in [6, 6.07) is 4.56. The lowest BCUT2D eigenvalue weighted by Gasteiger charge is -2.24. The fourth-order valence-corrected chi connectivity index (χ4v) is 4.51. The third-order valence-electron chi connectivity index (χ3n) is 4.71. The van der Waals surface area contributed by atoms with E-state index in [-0.39, 0.29) is 17.7 Å². The molecule has 7 nitrogen and oxygen atoms in total. The molecule has 0 radical (unpaired) electrons. The molecule has 2 rings (SSSR count). The van der Waals surface area contributed by atoms with Crippen molar-refractivity contribution in [3.8, 4) is 0 Å². The summed E-state index contributed by atoms with van der Waals surface area (Å²) in [7, 11) is -3.93. The molecular weight excluding hydrogens is 390 g/mol. The standard InChI is InChI=1S/C18H26ClN3O4S/c19-14-6-8-15(9-7-14)27(25,26)22-16(10-11-17(20)23)18(24)21-12-13-4-2-1-3-5-13/h6-9,13,16,22H,1-5,10-12H2,(H2,20,23)(H,21,24)/t16-/m1/s1. The van der Waals surface area contributed by atoms with E-state index in [9.17, 15) is 18.0 Å². The van der Waals surface area contributed by atoms with Gasteiger partial charge in [0.1, 0.15) is 6.04 Å². The van der Waals surface area contributed by atoms with E-state index in [2.05, 4.69) is 10.0 Å². The number of hydrogen-bond donors (Lipinski definition) is 3. The average Bonchev–Trinajstić information content (AvgIpc) is 2.64. The van der Waals surface area contributed by atoms with Gasteiger partial charge in [0.25, 0.3) is 0 Å². The lowest BCUT2D eigenvalue weighted by Crippen LogP contribution is -2.48. The predicted octanol–water partition coefficient (Wildman–Crippen LogP) is 1.95. The maximum atomic E-state index is 12.6. The Hall–Kier alpha value is -1.64. The number of nitrogens with one attached hydrogen (secondary N) is 2. The van der Waals surface area contributed by atoms with Crippen LogP contribution in [0.3, 0.4) is 0 Å². The number of carbonyl (C=O) groups is 2. The molecule has 1 aliphatic rings. The molecule has 1 atom stereocenters. The first-order valence-electron chi connectivity index (χ1n) is 9.12. The normalized spacial score (nSPS) is 16.6. The maximum absolute atomic E-state index is 12.6. The van der Waals surface area contributed by atoms with Crippen LogP contribution in [-0.4, -0.2) is 32.8 Å². The molecule has 0 heterocycles. The zero-order chi connectivity index (χ0) is 19.9. The molecule has 27 heavy (non-hydrogen) atoms. The Morgan fingerprint density at radius 3 is 2.37 bits per heavy atom. The number of nitrogens with two attached hydrogens (primary N) is 1. The second-order valence-electron chi connectivity index (χ2n) is 6.88. The molecule has 9 heteroatoms. The molecule has 1 fully saturated rings. The van der Waals surface area contributed by atoms with Crippen molar-refractivity contribution in [1.82, 2.24) is 10.0 Å². The summed E-state index contributed by atoms with van der Waals surface area (Å²) in [4.78, 5) is 23.6. The molecule has 2 amide bonds. The van der Waals surface area contributed by atoms with Gasteiger partial charge in [-0.25, -0.2) is 8.42 Å². The van der Waals surface area contributed by atoms with Crippen LogP contribution in [0.2, 0.25) is 5.02 Å². The van der Waals surface area contributed by atoms with E-state index in [0.29, 0.717) is 17.5 Å². The van der Waals surface area contributed by atoms with Crippen LogP contribution in [0.25, 0.3) is 0 Å². The molecule has 1 aromatic carbocycles. The molecule has 1 aromatic rings. The number of primary amides is 1. The third-order valence-corrected chi connectivity index (χ3v) is 6.45. The number of hydrogen-bond acceptors (Lipinski definition) is 4. The van der Waals surface area contributed by atoms with Crippen molar-refractivity contribution in [2.45, 2.75) is 55.9 Å². The van der Waals surface area contributed by atoms with Gasteiger partial charge < -0.3 is 11.1 Å².